The Kier molecular flexibility index (Phi) is 3.50. The van der Waals surface area contributed by atoms with Crippen molar-refractivity contribution in [3.8, 4) is 0 Å². The summed E-state index contributed by atoms with van der Waals surface area (Å²) < 4.78 is 0.886. The van der Waals surface area contributed by atoms with Gasteiger partial charge in [-0.3, -0.25) is 0 Å². The first-order chi connectivity index (χ1) is 6.03. The molecule has 0 radical (unpaired) electrons. The number of anilines is 1. The molecule has 0 bridgehead atoms. The van der Waals surface area contributed by atoms with Gasteiger partial charge in [0.05, 0.1) is 0 Å². The van der Waals surface area contributed by atoms with Crippen LogP contribution in [0.15, 0.2) is 22.6 Å². The normalized spacial score (nSPS) is 11.3. The van der Waals surface area contributed by atoms with Crippen molar-refractivity contribution in [1.29, 1.82) is 0 Å². The van der Waals surface area contributed by atoms with Crippen LogP contribution in [0.1, 0.15) is 13.8 Å². The lowest BCUT2D eigenvalue weighted by Gasteiger charge is -2.19. The fourth-order valence-electron chi connectivity index (χ4n) is 0.711. The Morgan fingerprint density at radius 1 is 1.77 bits per heavy atom. The molecule has 0 aromatic carbocycles. The zero-order valence-electron chi connectivity index (χ0n) is 7.80. The van der Waals surface area contributed by atoms with Crippen molar-refractivity contribution in [2.75, 3.05) is 11.9 Å². The topological polar surface area (TPSA) is 24.9 Å². The van der Waals surface area contributed by atoms with Gasteiger partial charge in [0, 0.05) is 11.9 Å². The van der Waals surface area contributed by atoms with Gasteiger partial charge in [0.25, 0.3) is 0 Å². The molecule has 0 saturated carbocycles. The molecule has 1 aromatic rings. The highest BCUT2D eigenvalue weighted by Crippen LogP contribution is 2.22. The van der Waals surface area contributed by atoms with Gasteiger partial charge in [0.2, 0.25) is 0 Å². The third-order valence-electron chi connectivity index (χ3n) is 1.72. The lowest BCUT2D eigenvalue weighted by atomic mass is 9.94. The summed E-state index contributed by atoms with van der Waals surface area (Å²) >= 11 is 4.91. The van der Waals surface area contributed by atoms with Crippen molar-refractivity contribution >= 4 is 32.4 Å². The van der Waals surface area contributed by atoms with Crippen LogP contribution in [0.25, 0.3) is 0 Å². The Morgan fingerprint density at radius 3 is 2.92 bits per heavy atom. The van der Waals surface area contributed by atoms with Gasteiger partial charge in [-0.1, -0.05) is 19.9 Å². The predicted molar refractivity (Wildman–Crippen MR) is 62.3 cm³/mol. The van der Waals surface area contributed by atoms with Gasteiger partial charge < -0.3 is 5.32 Å². The molecule has 1 heterocycles. The Labute approximate surface area is 91.2 Å². The summed E-state index contributed by atoms with van der Waals surface area (Å²) in [5.74, 6) is 0. The molecule has 4 heteroatoms. The molecular weight excluding hydrogens is 248 g/mol. The molecule has 0 saturated heterocycles. The molecule has 1 aromatic heterocycles. The standard InChI is InChI=1S/C9H13BrN2S/c1-4-9(2,3)6-11-8-12-7(10)5-13-8/h4-5H,1,6H2,2-3H3,(H,11,12). The van der Waals surface area contributed by atoms with Crippen LogP contribution in [-0.2, 0) is 0 Å². The summed E-state index contributed by atoms with van der Waals surface area (Å²) in [6.07, 6.45) is 1.95. The van der Waals surface area contributed by atoms with E-state index in [1.807, 2.05) is 11.5 Å². The van der Waals surface area contributed by atoms with E-state index >= 15 is 0 Å². The first kappa shape index (κ1) is 10.7. The van der Waals surface area contributed by atoms with Gasteiger partial charge in [0.1, 0.15) is 4.60 Å². The Balaban J connectivity index is 2.48. The van der Waals surface area contributed by atoms with E-state index in [9.17, 15) is 0 Å². The molecule has 0 aliphatic carbocycles. The summed E-state index contributed by atoms with van der Waals surface area (Å²) in [4.78, 5) is 4.24. The third kappa shape index (κ3) is 3.48. The van der Waals surface area contributed by atoms with Crippen molar-refractivity contribution in [1.82, 2.24) is 4.98 Å². The Bertz CT molecular complexity index is 294. The molecule has 0 aliphatic rings. The van der Waals surface area contributed by atoms with Crippen molar-refractivity contribution in [3.05, 3.63) is 22.6 Å². The molecule has 13 heavy (non-hydrogen) atoms. The minimum Gasteiger partial charge on any atom is -0.361 e. The minimum atomic E-state index is 0.109. The highest BCUT2D eigenvalue weighted by Gasteiger charge is 2.12. The van der Waals surface area contributed by atoms with Gasteiger partial charge >= 0.3 is 0 Å². The maximum atomic E-state index is 4.24. The molecule has 0 aliphatic heterocycles. The first-order valence-corrected chi connectivity index (χ1v) is 5.69. The predicted octanol–water partition coefficient (Wildman–Crippen LogP) is 3.53. The number of nitrogens with one attached hydrogen (secondary N) is 1. The van der Waals surface area contributed by atoms with E-state index in [2.05, 4.69) is 46.7 Å². The summed E-state index contributed by atoms with van der Waals surface area (Å²) in [7, 11) is 0. The van der Waals surface area contributed by atoms with E-state index in [0.717, 1.165) is 16.3 Å². The van der Waals surface area contributed by atoms with Gasteiger partial charge in [-0.15, -0.1) is 17.9 Å². The molecule has 0 atom stereocenters. The van der Waals surface area contributed by atoms with Crippen LogP contribution in [-0.4, -0.2) is 11.5 Å². The number of nitrogens with zero attached hydrogens (tertiary/aromatic N) is 1. The molecule has 2 nitrogen and oxygen atoms in total. The van der Waals surface area contributed by atoms with Crippen molar-refractivity contribution < 1.29 is 0 Å². The smallest absolute Gasteiger partial charge is 0.183 e. The average molecular weight is 261 g/mol. The molecule has 72 valence electrons. The van der Waals surface area contributed by atoms with E-state index in [4.69, 9.17) is 0 Å². The summed E-state index contributed by atoms with van der Waals surface area (Å²) in [5.41, 5.74) is 0.109. The number of rotatable bonds is 4. The van der Waals surface area contributed by atoms with E-state index in [0.29, 0.717) is 0 Å². The summed E-state index contributed by atoms with van der Waals surface area (Å²) in [5, 5.41) is 6.17. The zero-order chi connectivity index (χ0) is 9.90. The SMILES string of the molecule is C=CC(C)(C)CNc1nc(Br)cs1. The molecule has 1 N–H and O–H groups in total. The van der Waals surface area contributed by atoms with Gasteiger partial charge in [-0.05, 0) is 21.3 Å². The Morgan fingerprint density at radius 2 is 2.46 bits per heavy atom. The second kappa shape index (κ2) is 4.24. The van der Waals surface area contributed by atoms with E-state index in [1.165, 1.54) is 0 Å². The minimum absolute atomic E-state index is 0.109. The van der Waals surface area contributed by atoms with Crippen LogP contribution in [0.3, 0.4) is 0 Å². The monoisotopic (exact) mass is 260 g/mol. The quantitative estimate of drug-likeness (QED) is 0.839. The lowest BCUT2D eigenvalue weighted by molar-refractivity contribution is 0.514. The fraction of sp³-hybridized carbons (Fsp3) is 0.444. The zero-order valence-corrected chi connectivity index (χ0v) is 10.2. The number of aromatic nitrogens is 1. The van der Waals surface area contributed by atoms with Crippen LogP contribution >= 0.6 is 27.3 Å². The molecule has 0 amide bonds. The van der Waals surface area contributed by atoms with E-state index in [1.54, 1.807) is 11.3 Å². The van der Waals surface area contributed by atoms with Crippen LogP contribution in [0.2, 0.25) is 0 Å². The van der Waals surface area contributed by atoms with Gasteiger partial charge in [0.15, 0.2) is 5.13 Å². The highest BCUT2D eigenvalue weighted by molar-refractivity contribution is 9.10. The second-order valence-corrected chi connectivity index (χ2v) is 5.19. The molecular formula is C9H13BrN2S. The van der Waals surface area contributed by atoms with Crippen LogP contribution in [0.5, 0.6) is 0 Å². The fourth-order valence-corrected chi connectivity index (χ4v) is 1.85. The lowest BCUT2D eigenvalue weighted by Crippen LogP contribution is -2.20. The van der Waals surface area contributed by atoms with Crippen LogP contribution in [0.4, 0.5) is 5.13 Å². The molecule has 0 fully saturated rings. The van der Waals surface area contributed by atoms with Crippen molar-refractivity contribution in [2.24, 2.45) is 5.41 Å². The Hall–Kier alpha value is -0.350. The average Bonchev–Trinajstić information content (AvgIpc) is 2.48. The van der Waals surface area contributed by atoms with Crippen LogP contribution < -0.4 is 5.32 Å². The summed E-state index contributed by atoms with van der Waals surface area (Å²) in [6, 6.07) is 0. The van der Waals surface area contributed by atoms with Crippen molar-refractivity contribution in [2.45, 2.75) is 13.8 Å². The van der Waals surface area contributed by atoms with Crippen molar-refractivity contribution in [3.63, 3.8) is 0 Å². The maximum Gasteiger partial charge on any atom is 0.183 e. The summed E-state index contributed by atoms with van der Waals surface area (Å²) in [6.45, 7) is 8.91. The maximum absolute atomic E-state index is 4.24. The number of hydrogen-bond donors (Lipinski definition) is 1. The molecule has 0 unspecified atom stereocenters. The highest BCUT2D eigenvalue weighted by atomic mass is 79.9. The first-order valence-electron chi connectivity index (χ1n) is 4.02. The largest absolute Gasteiger partial charge is 0.361 e. The third-order valence-corrected chi connectivity index (χ3v) is 3.23. The molecule has 0 spiro atoms. The van der Waals surface area contributed by atoms with Gasteiger partial charge in [-0.25, -0.2) is 4.98 Å². The molecule has 1 rings (SSSR count). The number of halogens is 1. The number of thiazole rings is 1. The second-order valence-electron chi connectivity index (χ2n) is 3.52. The van der Waals surface area contributed by atoms with Crippen LogP contribution in [0, 0.1) is 5.41 Å². The number of hydrogen-bond acceptors (Lipinski definition) is 3. The van der Waals surface area contributed by atoms with Gasteiger partial charge in [-0.2, -0.15) is 0 Å². The van der Waals surface area contributed by atoms with E-state index in [-0.39, 0.29) is 5.41 Å². The van der Waals surface area contributed by atoms with E-state index < -0.39 is 0 Å².